The molecule has 0 aliphatic heterocycles. The summed E-state index contributed by atoms with van der Waals surface area (Å²) in [5.41, 5.74) is 2.80. The van der Waals surface area contributed by atoms with Crippen molar-refractivity contribution < 1.29 is 5.11 Å². The highest BCUT2D eigenvalue weighted by Gasteiger charge is 2.17. The summed E-state index contributed by atoms with van der Waals surface area (Å²) in [6.45, 7) is 2.48. The van der Waals surface area contributed by atoms with Gasteiger partial charge in [-0.05, 0) is 36.2 Å². The fraction of sp³-hybridized carbons (Fsp3) is 0.235. The highest BCUT2D eigenvalue weighted by atomic mass is 35.5. The Hall–Kier alpha value is -1.55. The van der Waals surface area contributed by atoms with Gasteiger partial charge in [-0.25, -0.2) is 4.98 Å². The number of aromatic nitrogens is 2. The Morgan fingerprint density at radius 2 is 1.95 bits per heavy atom. The maximum atomic E-state index is 10.3. The molecule has 0 radical (unpaired) electrons. The van der Waals surface area contributed by atoms with Crippen molar-refractivity contribution in [3.63, 3.8) is 0 Å². The Kier molecular flexibility index (Phi) is 4.39. The first-order valence-electron chi connectivity index (χ1n) is 7.17. The van der Waals surface area contributed by atoms with E-state index in [1.54, 1.807) is 6.07 Å². The minimum Gasteiger partial charge on any atom is -0.385 e. The number of aliphatic hydroxyl groups excluding tert-OH is 1. The molecule has 5 heteroatoms. The third kappa shape index (κ3) is 2.84. The molecular weight excluding hydrogens is 319 g/mol. The molecule has 114 valence electrons. The molecule has 0 spiro atoms. The quantitative estimate of drug-likeness (QED) is 0.741. The smallest absolute Gasteiger partial charge is 0.139 e. The van der Waals surface area contributed by atoms with Crippen LogP contribution in [-0.4, -0.2) is 14.7 Å². The molecule has 0 aliphatic carbocycles. The van der Waals surface area contributed by atoms with Gasteiger partial charge in [0.2, 0.25) is 0 Å². The normalized spacial score (nSPS) is 12.7. The van der Waals surface area contributed by atoms with E-state index in [0.717, 1.165) is 16.6 Å². The zero-order chi connectivity index (χ0) is 15.7. The summed E-state index contributed by atoms with van der Waals surface area (Å²) in [5.74, 6) is 0.662. The second-order valence-corrected chi connectivity index (χ2v) is 6.05. The minimum atomic E-state index is -0.599. The van der Waals surface area contributed by atoms with Crippen molar-refractivity contribution in [2.24, 2.45) is 0 Å². The van der Waals surface area contributed by atoms with E-state index in [9.17, 15) is 5.11 Å². The number of benzene rings is 2. The number of fused-ring (bicyclic) bond motifs is 1. The lowest BCUT2D eigenvalue weighted by molar-refractivity contribution is 0.160. The van der Waals surface area contributed by atoms with Crippen LogP contribution in [0.2, 0.25) is 10.0 Å². The van der Waals surface area contributed by atoms with Crippen LogP contribution in [0.15, 0.2) is 42.5 Å². The molecule has 0 amide bonds. The first-order valence-corrected chi connectivity index (χ1v) is 7.93. The van der Waals surface area contributed by atoms with Gasteiger partial charge in [0.05, 0.1) is 17.6 Å². The number of imidazole rings is 1. The summed E-state index contributed by atoms with van der Waals surface area (Å²) in [6, 6.07) is 13.3. The average Bonchev–Trinajstić information content (AvgIpc) is 2.88. The maximum absolute atomic E-state index is 10.3. The number of nitrogens with zero attached hydrogens (tertiary/aromatic N) is 2. The predicted octanol–water partition coefficient (Wildman–Crippen LogP) is 4.83. The van der Waals surface area contributed by atoms with Crippen LogP contribution in [0.25, 0.3) is 11.0 Å². The first kappa shape index (κ1) is 15.3. The van der Waals surface area contributed by atoms with Gasteiger partial charge >= 0.3 is 0 Å². The van der Waals surface area contributed by atoms with E-state index < -0.39 is 6.10 Å². The van der Waals surface area contributed by atoms with Gasteiger partial charge in [-0.15, -0.1) is 0 Å². The SMILES string of the molecule is CCC(O)c1nc2ccccc2n1Cc1ccc(Cl)cc1Cl. The van der Waals surface area contributed by atoms with Gasteiger partial charge in [0.1, 0.15) is 11.9 Å². The monoisotopic (exact) mass is 334 g/mol. The maximum Gasteiger partial charge on any atom is 0.139 e. The van der Waals surface area contributed by atoms with Gasteiger partial charge < -0.3 is 9.67 Å². The highest BCUT2D eigenvalue weighted by Crippen LogP contribution is 2.27. The molecule has 1 heterocycles. The van der Waals surface area contributed by atoms with Crippen LogP contribution in [0.4, 0.5) is 0 Å². The summed E-state index contributed by atoms with van der Waals surface area (Å²) in [5, 5.41) is 11.5. The van der Waals surface area contributed by atoms with Crippen LogP contribution >= 0.6 is 23.2 Å². The molecule has 22 heavy (non-hydrogen) atoms. The Morgan fingerprint density at radius 1 is 1.18 bits per heavy atom. The third-order valence-corrected chi connectivity index (χ3v) is 4.30. The molecule has 3 rings (SSSR count). The van der Waals surface area contributed by atoms with E-state index in [1.807, 2.05) is 47.9 Å². The number of aliphatic hydroxyl groups is 1. The van der Waals surface area contributed by atoms with Gasteiger partial charge in [0, 0.05) is 10.0 Å². The number of hydrogen-bond donors (Lipinski definition) is 1. The molecule has 1 atom stereocenters. The fourth-order valence-corrected chi connectivity index (χ4v) is 2.99. The standard InChI is InChI=1S/C17H16Cl2N2O/c1-2-16(22)17-20-14-5-3-4-6-15(14)21(17)10-11-7-8-12(18)9-13(11)19/h3-9,16,22H,2,10H2,1H3. The van der Waals surface area contributed by atoms with Crippen molar-refractivity contribution >= 4 is 34.2 Å². The van der Waals surface area contributed by atoms with Gasteiger partial charge in [-0.3, -0.25) is 0 Å². The van der Waals surface area contributed by atoms with Crippen molar-refractivity contribution in [2.75, 3.05) is 0 Å². The van der Waals surface area contributed by atoms with Crippen LogP contribution < -0.4 is 0 Å². The molecular formula is C17H16Cl2N2O. The van der Waals surface area contributed by atoms with Crippen LogP contribution in [0.3, 0.4) is 0 Å². The Bertz CT molecular complexity index is 814. The lowest BCUT2D eigenvalue weighted by Crippen LogP contribution is -2.09. The molecule has 3 nitrogen and oxygen atoms in total. The van der Waals surface area contributed by atoms with E-state index in [-0.39, 0.29) is 0 Å². The average molecular weight is 335 g/mol. The van der Waals surface area contributed by atoms with E-state index in [4.69, 9.17) is 23.2 Å². The van der Waals surface area contributed by atoms with E-state index in [2.05, 4.69) is 4.98 Å². The Labute approximate surface area is 139 Å². The van der Waals surface area contributed by atoms with E-state index in [0.29, 0.717) is 28.8 Å². The summed E-state index contributed by atoms with van der Waals surface area (Å²) in [4.78, 5) is 4.57. The summed E-state index contributed by atoms with van der Waals surface area (Å²) < 4.78 is 2.01. The molecule has 0 fully saturated rings. The van der Waals surface area contributed by atoms with Crippen LogP contribution in [0.1, 0.15) is 30.8 Å². The number of halogens is 2. The van der Waals surface area contributed by atoms with Crippen molar-refractivity contribution in [2.45, 2.75) is 26.0 Å². The zero-order valence-corrected chi connectivity index (χ0v) is 13.6. The number of para-hydroxylation sites is 2. The fourth-order valence-electron chi connectivity index (χ4n) is 2.52. The van der Waals surface area contributed by atoms with Gasteiger partial charge in [-0.2, -0.15) is 0 Å². The topological polar surface area (TPSA) is 38.1 Å². The van der Waals surface area contributed by atoms with E-state index in [1.165, 1.54) is 0 Å². The highest BCUT2D eigenvalue weighted by molar-refractivity contribution is 6.35. The van der Waals surface area contributed by atoms with Gasteiger partial charge in [-0.1, -0.05) is 48.3 Å². The molecule has 1 unspecified atom stereocenters. The number of hydrogen-bond acceptors (Lipinski definition) is 2. The molecule has 1 N–H and O–H groups in total. The van der Waals surface area contributed by atoms with Crippen LogP contribution in [0, 0.1) is 0 Å². The van der Waals surface area contributed by atoms with Crippen LogP contribution in [0.5, 0.6) is 0 Å². The van der Waals surface area contributed by atoms with Crippen LogP contribution in [-0.2, 0) is 6.54 Å². The van der Waals surface area contributed by atoms with Crippen molar-refractivity contribution in [1.82, 2.24) is 9.55 Å². The Morgan fingerprint density at radius 3 is 2.68 bits per heavy atom. The predicted molar refractivity (Wildman–Crippen MR) is 90.5 cm³/mol. The molecule has 0 bridgehead atoms. The number of rotatable bonds is 4. The molecule has 0 saturated carbocycles. The van der Waals surface area contributed by atoms with Crippen molar-refractivity contribution in [3.8, 4) is 0 Å². The molecule has 3 aromatic rings. The summed E-state index contributed by atoms with van der Waals surface area (Å²) in [7, 11) is 0. The molecule has 0 saturated heterocycles. The molecule has 2 aromatic carbocycles. The molecule has 1 aromatic heterocycles. The largest absolute Gasteiger partial charge is 0.385 e. The van der Waals surface area contributed by atoms with Gasteiger partial charge in [0.25, 0.3) is 0 Å². The molecule has 0 aliphatic rings. The van der Waals surface area contributed by atoms with Crippen molar-refractivity contribution in [3.05, 3.63) is 63.9 Å². The van der Waals surface area contributed by atoms with Gasteiger partial charge in [0.15, 0.2) is 0 Å². The van der Waals surface area contributed by atoms with Crippen molar-refractivity contribution in [1.29, 1.82) is 0 Å². The third-order valence-electron chi connectivity index (χ3n) is 3.71. The second kappa shape index (κ2) is 6.29. The van der Waals surface area contributed by atoms with E-state index >= 15 is 0 Å². The minimum absolute atomic E-state index is 0.545. The Balaban J connectivity index is 2.11. The zero-order valence-electron chi connectivity index (χ0n) is 12.1. The second-order valence-electron chi connectivity index (χ2n) is 5.20. The summed E-state index contributed by atoms with van der Waals surface area (Å²) >= 11 is 12.2. The lowest BCUT2D eigenvalue weighted by Gasteiger charge is -2.13. The first-order chi connectivity index (χ1) is 10.6. The summed E-state index contributed by atoms with van der Waals surface area (Å²) in [6.07, 6.45) is 0.0102. The lowest BCUT2D eigenvalue weighted by atomic mass is 10.2.